The summed E-state index contributed by atoms with van der Waals surface area (Å²) in [5, 5.41) is 0.955. The van der Waals surface area contributed by atoms with E-state index in [0.717, 1.165) is 17.0 Å². The van der Waals surface area contributed by atoms with Crippen molar-refractivity contribution in [3.8, 4) is 5.82 Å². The Morgan fingerprint density at radius 1 is 1.16 bits per heavy atom. The third-order valence-electron chi connectivity index (χ3n) is 5.39. The minimum absolute atomic E-state index is 0.00997. The molecule has 0 atom stereocenters. The molecule has 0 bridgehead atoms. The molecule has 0 unspecified atom stereocenters. The molecule has 6 nitrogen and oxygen atoms in total. The molecule has 4 aromatic rings. The van der Waals surface area contributed by atoms with Crippen LogP contribution < -0.4 is 5.56 Å². The van der Waals surface area contributed by atoms with Gasteiger partial charge in [0.05, 0.1) is 16.7 Å². The fourth-order valence-electron chi connectivity index (χ4n) is 3.70. The fourth-order valence-corrected chi connectivity index (χ4v) is 4.59. The topological polar surface area (TPSA) is 69.8 Å². The van der Waals surface area contributed by atoms with E-state index in [1.807, 2.05) is 51.1 Å². The highest BCUT2D eigenvalue weighted by atomic mass is 32.2. The molecular weight excluding hydrogens is 420 g/mol. The molecule has 7 heteroatoms. The molecule has 0 amide bonds. The molecule has 0 aliphatic carbocycles. The first-order valence-corrected chi connectivity index (χ1v) is 11.3. The maximum absolute atomic E-state index is 13.3. The number of thioether (sulfide) groups is 1. The molecule has 0 aliphatic heterocycles. The summed E-state index contributed by atoms with van der Waals surface area (Å²) >= 11 is 1.25. The normalized spacial score (nSPS) is 11.1. The van der Waals surface area contributed by atoms with E-state index in [0.29, 0.717) is 34.0 Å². The van der Waals surface area contributed by atoms with Crippen LogP contribution in [0.15, 0.2) is 71.3 Å². The second kappa shape index (κ2) is 8.96. The van der Waals surface area contributed by atoms with Crippen LogP contribution in [0.1, 0.15) is 27.3 Å². The van der Waals surface area contributed by atoms with Gasteiger partial charge in [0.2, 0.25) is 0 Å². The van der Waals surface area contributed by atoms with E-state index in [2.05, 4.69) is 16.1 Å². The number of hydrogen-bond donors (Lipinski definition) is 0. The molecule has 3 heterocycles. The number of nitrogens with zero attached hydrogens (tertiary/aromatic N) is 4. The average Bonchev–Trinajstić information content (AvgIpc) is 3.07. The lowest BCUT2D eigenvalue weighted by Crippen LogP contribution is -2.23. The maximum Gasteiger partial charge on any atom is 0.267 e. The Bertz CT molecular complexity index is 1380. The predicted molar refractivity (Wildman–Crippen MR) is 129 cm³/mol. The minimum atomic E-state index is -0.203. The zero-order chi connectivity index (χ0) is 22.8. The molecule has 0 aliphatic rings. The average molecular weight is 445 g/mol. The summed E-state index contributed by atoms with van der Waals surface area (Å²) in [6, 6.07) is 12.8. The smallest absolute Gasteiger partial charge is 0.267 e. The summed E-state index contributed by atoms with van der Waals surface area (Å²) in [4.78, 5) is 35.5. The molecule has 1 aromatic carbocycles. The van der Waals surface area contributed by atoms with Crippen LogP contribution in [-0.2, 0) is 6.54 Å². The molecule has 4 rings (SSSR count). The van der Waals surface area contributed by atoms with Gasteiger partial charge in [-0.05, 0) is 50.6 Å². The first-order chi connectivity index (χ1) is 15.4. The second-order valence-corrected chi connectivity index (χ2v) is 8.58. The molecule has 0 fully saturated rings. The van der Waals surface area contributed by atoms with Gasteiger partial charge in [-0.1, -0.05) is 36.0 Å². The number of benzene rings is 1. The van der Waals surface area contributed by atoms with Gasteiger partial charge < -0.3 is 4.57 Å². The van der Waals surface area contributed by atoms with Crippen molar-refractivity contribution in [3.05, 3.63) is 94.2 Å². The molecule has 0 radical (unpaired) electrons. The van der Waals surface area contributed by atoms with Gasteiger partial charge in [0.25, 0.3) is 5.56 Å². The summed E-state index contributed by atoms with van der Waals surface area (Å²) in [5.41, 5.74) is 4.00. The summed E-state index contributed by atoms with van der Waals surface area (Å²) in [6.45, 7) is 10.3. The molecule has 0 N–H and O–H groups in total. The standard InChI is InChI=1S/C25H24N4O2S/c1-5-12-28-17(3)13-20(18(28)4)22(30)15-32-25-27-21-9-7-6-8-19(21)24(31)29(25)23-11-10-16(2)14-26-23/h5-11,13-14H,1,12,15H2,2-4H3. The largest absolute Gasteiger partial charge is 0.345 e. The summed E-state index contributed by atoms with van der Waals surface area (Å²) in [5.74, 6) is 0.636. The van der Waals surface area contributed by atoms with Gasteiger partial charge in [0.15, 0.2) is 10.9 Å². The SMILES string of the molecule is C=CCn1c(C)cc(C(=O)CSc2nc3ccccc3c(=O)n2-c2ccc(C)cn2)c1C. The van der Waals surface area contributed by atoms with Crippen LogP contribution in [-0.4, -0.2) is 30.6 Å². The maximum atomic E-state index is 13.3. The monoisotopic (exact) mass is 444 g/mol. The number of allylic oxidation sites excluding steroid dienone is 1. The van der Waals surface area contributed by atoms with E-state index >= 15 is 0 Å². The highest BCUT2D eigenvalue weighted by Gasteiger charge is 2.19. The summed E-state index contributed by atoms with van der Waals surface area (Å²) < 4.78 is 3.55. The molecular formula is C25H24N4O2S. The number of aromatic nitrogens is 4. The van der Waals surface area contributed by atoms with Crippen LogP contribution in [0.2, 0.25) is 0 Å². The number of Topliss-reactive ketones (excluding diaryl/α,β-unsaturated/α-hetero) is 1. The molecule has 0 spiro atoms. The molecule has 3 aromatic heterocycles. The quantitative estimate of drug-likeness (QED) is 0.179. The van der Waals surface area contributed by atoms with Crippen LogP contribution in [0.25, 0.3) is 16.7 Å². The van der Waals surface area contributed by atoms with E-state index in [1.54, 1.807) is 24.4 Å². The van der Waals surface area contributed by atoms with E-state index in [1.165, 1.54) is 16.3 Å². The van der Waals surface area contributed by atoms with Gasteiger partial charge >= 0.3 is 0 Å². The van der Waals surface area contributed by atoms with Crippen LogP contribution in [0.4, 0.5) is 0 Å². The van der Waals surface area contributed by atoms with Crippen LogP contribution >= 0.6 is 11.8 Å². The van der Waals surface area contributed by atoms with Gasteiger partial charge in [-0.25, -0.2) is 14.5 Å². The second-order valence-electron chi connectivity index (χ2n) is 7.64. The predicted octanol–water partition coefficient (Wildman–Crippen LogP) is 4.67. The zero-order valence-electron chi connectivity index (χ0n) is 18.3. The third kappa shape index (κ3) is 4.03. The van der Waals surface area contributed by atoms with E-state index < -0.39 is 0 Å². The van der Waals surface area contributed by atoms with Gasteiger partial charge in [-0.3, -0.25) is 9.59 Å². The van der Waals surface area contributed by atoms with Crippen molar-refractivity contribution in [1.82, 2.24) is 19.1 Å². The number of hydrogen-bond acceptors (Lipinski definition) is 5. The van der Waals surface area contributed by atoms with E-state index in [-0.39, 0.29) is 17.1 Å². The Morgan fingerprint density at radius 2 is 1.94 bits per heavy atom. The first kappa shape index (κ1) is 21.8. The van der Waals surface area contributed by atoms with Crippen LogP contribution in [0.5, 0.6) is 0 Å². The Balaban J connectivity index is 1.73. The van der Waals surface area contributed by atoms with E-state index in [4.69, 9.17) is 4.98 Å². The number of carbonyl (C=O) groups excluding carboxylic acids is 1. The van der Waals surface area contributed by atoms with Crippen molar-refractivity contribution in [2.24, 2.45) is 0 Å². The Hall–Kier alpha value is -3.45. The van der Waals surface area contributed by atoms with Gasteiger partial charge in [0.1, 0.15) is 5.82 Å². The number of para-hydroxylation sites is 1. The van der Waals surface area contributed by atoms with Crippen molar-refractivity contribution < 1.29 is 4.79 Å². The van der Waals surface area contributed by atoms with Crippen molar-refractivity contribution in [2.45, 2.75) is 32.5 Å². The summed E-state index contributed by atoms with van der Waals surface area (Å²) in [6.07, 6.45) is 3.53. The number of rotatable bonds is 7. The number of ketones is 1. The van der Waals surface area contributed by atoms with Crippen LogP contribution in [0, 0.1) is 20.8 Å². The van der Waals surface area contributed by atoms with Crippen molar-refractivity contribution in [3.63, 3.8) is 0 Å². The number of pyridine rings is 1. The van der Waals surface area contributed by atoms with Crippen molar-refractivity contribution >= 4 is 28.4 Å². The number of fused-ring (bicyclic) bond motifs is 1. The lowest BCUT2D eigenvalue weighted by Gasteiger charge is -2.12. The molecule has 0 saturated heterocycles. The minimum Gasteiger partial charge on any atom is -0.345 e. The highest BCUT2D eigenvalue weighted by molar-refractivity contribution is 7.99. The molecule has 32 heavy (non-hydrogen) atoms. The molecule has 0 saturated carbocycles. The number of carbonyl (C=O) groups is 1. The Kier molecular flexibility index (Phi) is 6.10. The first-order valence-electron chi connectivity index (χ1n) is 10.3. The number of aryl methyl sites for hydroxylation is 2. The third-order valence-corrected chi connectivity index (χ3v) is 6.33. The van der Waals surface area contributed by atoms with Gasteiger partial charge in [-0.15, -0.1) is 6.58 Å². The molecule has 162 valence electrons. The summed E-state index contributed by atoms with van der Waals surface area (Å²) in [7, 11) is 0. The Morgan fingerprint density at radius 3 is 2.66 bits per heavy atom. The Labute approximate surface area is 190 Å². The van der Waals surface area contributed by atoms with Gasteiger partial charge in [0, 0.05) is 29.7 Å². The van der Waals surface area contributed by atoms with Crippen molar-refractivity contribution in [1.29, 1.82) is 0 Å². The van der Waals surface area contributed by atoms with E-state index in [9.17, 15) is 9.59 Å². The fraction of sp³-hybridized carbons (Fsp3) is 0.200. The van der Waals surface area contributed by atoms with Crippen molar-refractivity contribution in [2.75, 3.05) is 5.75 Å². The van der Waals surface area contributed by atoms with Gasteiger partial charge in [-0.2, -0.15) is 0 Å². The highest BCUT2D eigenvalue weighted by Crippen LogP contribution is 2.23. The van der Waals surface area contributed by atoms with Crippen LogP contribution in [0.3, 0.4) is 0 Å². The zero-order valence-corrected chi connectivity index (χ0v) is 19.1. The lowest BCUT2D eigenvalue weighted by atomic mass is 10.2. The lowest BCUT2D eigenvalue weighted by molar-refractivity contribution is 0.102.